The Morgan fingerprint density at radius 1 is 1.44 bits per heavy atom. The van der Waals surface area contributed by atoms with Crippen LogP contribution in [0.1, 0.15) is 52.9 Å². The Balaban J connectivity index is 2.73. The molecule has 0 bridgehead atoms. The number of nitrogens with one attached hydrogen (secondary N) is 1. The number of rotatable bonds is 6. The van der Waals surface area contributed by atoms with E-state index in [0.717, 1.165) is 6.54 Å². The van der Waals surface area contributed by atoms with E-state index in [9.17, 15) is 0 Å². The van der Waals surface area contributed by atoms with Gasteiger partial charge in [0.15, 0.2) is 0 Å². The van der Waals surface area contributed by atoms with Crippen molar-refractivity contribution in [1.82, 2.24) is 5.32 Å². The zero-order chi connectivity index (χ0) is 12.0. The first-order chi connectivity index (χ1) is 7.61. The van der Waals surface area contributed by atoms with Crippen LogP contribution in [0.2, 0.25) is 0 Å². The van der Waals surface area contributed by atoms with E-state index in [0.29, 0.717) is 6.04 Å². The third kappa shape index (κ3) is 3.60. The molecule has 1 aliphatic carbocycles. The summed E-state index contributed by atoms with van der Waals surface area (Å²) < 4.78 is 5.65. The minimum atomic E-state index is -0.113. The summed E-state index contributed by atoms with van der Waals surface area (Å²) >= 11 is 0. The van der Waals surface area contributed by atoms with Crippen molar-refractivity contribution in [3.63, 3.8) is 0 Å². The number of hydrogen-bond acceptors (Lipinski definition) is 2. The molecule has 16 heavy (non-hydrogen) atoms. The highest BCUT2D eigenvalue weighted by molar-refractivity contribution is 5.18. The standard InChI is InChI=1S/C14H27NO/c1-5-11-15-13(14(2,3)16-4)12-9-7-6-8-10-12/h9,13,15H,5-8,10-11H2,1-4H3. The summed E-state index contributed by atoms with van der Waals surface area (Å²) in [7, 11) is 1.81. The van der Waals surface area contributed by atoms with E-state index < -0.39 is 0 Å². The van der Waals surface area contributed by atoms with Gasteiger partial charge in [0.25, 0.3) is 0 Å². The van der Waals surface area contributed by atoms with Crippen LogP contribution in [0, 0.1) is 0 Å². The molecule has 2 nitrogen and oxygen atoms in total. The molecule has 0 saturated heterocycles. The molecule has 2 heteroatoms. The second-order valence-electron chi connectivity index (χ2n) is 5.22. The monoisotopic (exact) mass is 225 g/mol. The summed E-state index contributed by atoms with van der Waals surface area (Å²) in [5.41, 5.74) is 1.43. The molecule has 0 aromatic heterocycles. The maximum Gasteiger partial charge on any atom is 0.0813 e. The summed E-state index contributed by atoms with van der Waals surface area (Å²) in [6, 6.07) is 0.373. The van der Waals surface area contributed by atoms with Gasteiger partial charge in [0, 0.05) is 7.11 Å². The first-order valence-corrected chi connectivity index (χ1v) is 6.59. The van der Waals surface area contributed by atoms with Gasteiger partial charge in [0.2, 0.25) is 0 Å². The van der Waals surface area contributed by atoms with E-state index in [2.05, 4.69) is 32.2 Å². The van der Waals surface area contributed by atoms with Gasteiger partial charge in [0.1, 0.15) is 0 Å². The average Bonchev–Trinajstić information content (AvgIpc) is 2.31. The first kappa shape index (κ1) is 13.7. The minimum absolute atomic E-state index is 0.113. The van der Waals surface area contributed by atoms with Crippen LogP contribution < -0.4 is 5.32 Å². The molecule has 0 heterocycles. The lowest BCUT2D eigenvalue weighted by Gasteiger charge is -2.37. The van der Waals surface area contributed by atoms with Crippen LogP contribution in [-0.2, 0) is 4.74 Å². The lowest BCUT2D eigenvalue weighted by molar-refractivity contribution is -0.00112. The Labute approximate surface area is 100 Å². The Hall–Kier alpha value is -0.340. The molecular weight excluding hydrogens is 198 g/mol. The van der Waals surface area contributed by atoms with Crippen molar-refractivity contribution >= 4 is 0 Å². The Kier molecular flexibility index (Phi) is 5.50. The predicted molar refractivity (Wildman–Crippen MR) is 69.7 cm³/mol. The van der Waals surface area contributed by atoms with Crippen molar-refractivity contribution in [1.29, 1.82) is 0 Å². The molecule has 0 aromatic carbocycles. The lowest BCUT2D eigenvalue weighted by Crippen LogP contribution is -2.49. The SMILES string of the molecule is CCCNC(C1=CCCCC1)C(C)(C)OC. The highest BCUT2D eigenvalue weighted by Crippen LogP contribution is 2.27. The van der Waals surface area contributed by atoms with Gasteiger partial charge in [-0.25, -0.2) is 0 Å². The normalized spacial score (nSPS) is 19.4. The van der Waals surface area contributed by atoms with Crippen LogP contribution >= 0.6 is 0 Å². The zero-order valence-corrected chi connectivity index (χ0v) is 11.3. The molecule has 1 N–H and O–H groups in total. The van der Waals surface area contributed by atoms with Crippen LogP contribution in [0.15, 0.2) is 11.6 Å². The van der Waals surface area contributed by atoms with Crippen molar-refractivity contribution < 1.29 is 4.74 Å². The molecule has 0 spiro atoms. The maximum absolute atomic E-state index is 5.65. The van der Waals surface area contributed by atoms with Crippen LogP contribution in [0.4, 0.5) is 0 Å². The van der Waals surface area contributed by atoms with Crippen molar-refractivity contribution in [2.75, 3.05) is 13.7 Å². The molecule has 1 atom stereocenters. The smallest absolute Gasteiger partial charge is 0.0813 e. The van der Waals surface area contributed by atoms with Gasteiger partial charge in [-0.05, 0) is 52.5 Å². The van der Waals surface area contributed by atoms with Crippen molar-refractivity contribution in [3.05, 3.63) is 11.6 Å². The highest BCUT2D eigenvalue weighted by atomic mass is 16.5. The molecule has 1 unspecified atom stereocenters. The minimum Gasteiger partial charge on any atom is -0.377 e. The van der Waals surface area contributed by atoms with E-state index in [1.54, 1.807) is 5.57 Å². The number of methoxy groups -OCH3 is 1. The van der Waals surface area contributed by atoms with E-state index >= 15 is 0 Å². The molecule has 0 aliphatic heterocycles. The van der Waals surface area contributed by atoms with Crippen LogP contribution in [-0.4, -0.2) is 25.3 Å². The summed E-state index contributed by atoms with van der Waals surface area (Å²) in [6.07, 6.45) is 8.72. The van der Waals surface area contributed by atoms with Gasteiger partial charge < -0.3 is 10.1 Å². The van der Waals surface area contributed by atoms with Crippen LogP contribution in [0.3, 0.4) is 0 Å². The number of hydrogen-bond donors (Lipinski definition) is 1. The molecule has 0 saturated carbocycles. The van der Waals surface area contributed by atoms with Crippen LogP contribution in [0.25, 0.3) is 0 Å². The number of allylic oxidation sites excluding steroid dienone is 1. The molecule has 0 radical (unpaired) electrons. The fourth-order valence-corrected chi connectivity index (χ4v) is 2.36. The zero-order valence-electron chi connectivity index (χ0n) is 11.3. The van der Waals surface area contributed by atoms with E-state index in [1.807, 2.05) is 7.11 Å². The molecule has 0 aromatic rings. The second kappa shape index (κ2) is 6.41. The van der Waals surface area contributed by atoms with E-state index in [-0.39, 0.29) is 5.60 Å². The molecule has 1 aliphatic rings. The third-order valence-electron chi connectivity index (χ3n) is 3.52. The van der Waals surface area contributed by atoms with E-state index in [1.165, 1.54) is 32.1 Å². The second-order valence-corrected chi connectivity index (χ2v) is 5.22. The molecule has 1 rings (SSSR count). The summed E-state index contributed by atoms with van der Waals surface area (Å²) in [5.74, 6) is 0. The predicted octanol–water partition coefficient (Wildman–Crippen LogP) is 3.28. The largest absolute Gasteiger partial charge is 0.377 e. The van der Waals surface area contributed by atoms with Crippen molar-refractivity contribution in [2.24, 2.45) is 0 Å². The molecule has 0 fully saturated rings. The first-order valence-electron chi connectivity index (χ1n) is 6.59. The van der Waals surface area contributed by atoms with Crippen molar-refractivity contribution in [3.8, 4) is 0 Å². The van der Waals surface area contributed by atoms with E-state index in [4.69, 9.17) is 4.74 Å². The van der Waals surface area contributed by atoms with Crippen molar-refractivity contribution in [2.45, 2.75) is 64.5 Å². The Bertz CT molecular complexity index is 233. The van der Waals surface area contributed by atoms with Gasteiger partial charge in [-0.3, -0.25) is 0 Å². The maximum atomic E-state index is 5.65. The quantitative estimate of drug-likeness (QED) is 0.700. The van der Waals surface area contributed by atoms with Crippen LogP contribution in [0.5, 0.6) is 0 Å². The Morgan fingerprint density at radius 2 is 2.19 bits per heavy atom. The Morgan fingerprint density at radius 3 is 2.69 bits per heavy atom. The van der Waals surface area contributed by atoms with Gasteiger partial charge in [-0.15, -0.1) is 0 Å². The topological polar surface area (TPSA) is 21.3 Å². The van der Waals surface area contributed by atoms with Gasteiger partial charge in [-0.2, -0.15) is 0 Å². The summed E-state index contributed by atoms with van der Waals surface area (Å²) in [4.78, 5) is 0. The van der Waals surface area contributed by atoms with Gasteiger partial charge in [0.05, 0.1) is 11.6 Å². The fourth-order valence-electron chi connectivity index (χ4n) is 2.36. The fraction of sp³-hybridized carbons (Fsp3) is 0.857. The summed E-state index contributed by atoms with van der Waals surface area (Å²) in [6.45, 7) is 7.62. The molecule has 94 valence electrons. The average molecular weight is 225 g/mol. The lowest BCUT2D eigenvalue weighted by atomic mass is 9.85. The van der Waals surface area contributed by atoms with Gasteiger partial charge in [-0.1, -0.05) is 18.6 Å². The molecular formula is C14H27NO. The highest BCUT2D eigenvalue weighted by Gasteiger charge is 2.31. The number of ether oxygens (including phenoxy) is 1. The summed E-state index contributed by atoms with van der Waals surface area (Å²) in [5, 5.41) is 3.64. The van der Waals surface area contributed by atoms with Gasteiger partial charge >= 0.3 is 0 Å². The molecule has 0 amide bonds. The third-order valence-corrected chi connectivity index (χ3v) is 3.52.